The predicted molar refractivity (Wildman–Crippen MR) is 115 cm³/mol. The Morgan fingerprint density at radius 2 is 1.19 bits per heavy atom. The van der Waals surface area contributed by atoms with Crippen molar-refractivity contribution in [3.05, 3.63) is 23.8 Å². The molecule has 0 aliphatic carbocycles. The Bertz CT molecular complexity index is 569. The zero-order chi connectivity index (χ0) is 19.9. The van der Waals surface area contributed by atoms with E-state index >= 15 is 0 Å². The van der Waals surface area contributed by atoms with Gasteiger partial charge < -0.3 is 10.6 Å². The number of amides is 2. The second kappa shape index (κ2) is 14.2. The van der Waals surface area contributed by atoms with Crippen LogP contribution in [0, 0.1) is 6.92 Å². The number of anilines is 2. The Morgan fingerprint density at radius 1 is 0.704 bits per heavy atom. The Morgan fingerprint density at radius 3 is 1.70 bits per heavy atom. The van der Waals surface area contributed by atoms with E-state index in [1.165, 1.54) is 38.5 Å². The largest absolute Gasteiger partial charge is 0.324 e. The molecule has 0 radical (unpaired) electrons. The first-order valence-corrected chi connectivity index (χ1v) is 10.8. The first-order valence-electron chi connectivity index (χ1n) is 10.8. The molecule has 2 amide bonds. The van der Waals surface area contributed by atoms with Crippen molar-refractivity contribution in [1.29, 1.82) is 0 Å². The van der Waals surface area contributed by atoms with Gasteiger partial charge in [-0.2, -0.15) is 0 Å². The maximum absolute atomic E-state index is 12.2. The molecule has 0 aromatic heterocycles. The highest BCUT2D eigenvalue weighted by atomic mass is 16.2. The Labute approximate surface area is 165 Å². The van der Waals surface area contributed by atoms with Gasteiger partial charge in [0.15, 0.2) is 0 Å². The number of rotatable bonds is 14. The van der Waals surface area contributed by atoms with Gasteiger partial charge in [0.05, 0.1) is 11.4 Å². The molecule has 152 valence electrons. The van der Waals surface area contributed by atoms with E-state index in [0.29, 0.717) is 24.2 Å². The fourth-order valence-electron chi connectivity index (χ4n) is 3.07. The van der Waals surface area contributed by atoms with Gasteiger partial charge in [0.1, 0.15) is 0 Å². The molecule has 27 heavy (non-hydrogen) atoms. The number of unbranched alkanes of at least 4 members (excludes halogenated alkanes) is 8. The lowest BCUT2D eigenvalue weighted by molar-refractivity contribution is -0.117. The molecule has 0 atom stereocenters. The average Bonchev–Trinajstić information content (AvgIpc) is 2.63. The maximum atomic E-state index is 12.2. The third kappa shape index (κ3) is 10.8. The van der Waals surface area contributed by atoms with Gasteiger partial charge in [0.2, 0.25) is 11.8 Å². The number of nitrogens with one attached hydrogen (secondary N) is 2. The van der Waals surface area contributed by atoms with Gasteiger partial charge in [-0.1, -0.05) is 71.3 Å². The van der Waals surface area contributed by atoms with Crippen molar-refractivity contribution < 1.29 is 9.59 Å². The van der Waals surface area contributed by atoms with Crippen molar-refractivity contribution in [2.45, 2.75) is 97.8 Å². The van der Waals surface area contributed by atoms with E-state index in [2.05, 4.69) is 24.5 Å². The smallest absolute Gasteiger partial charge is 0.224 e. The predicted octanol–water partition coefficient (Wildman–Crippen LogP) is 6.59. The summed E-state index contributed by atoms with van der Waals surface area (Å²) in [4.78, 5) is 24.5. The van der Waals surface area contributed by atoms with Crippen LogP contribution in [0.2, 0.25) is 0 Å². The molecule has 0 bridgehead atoms. The molecule has 2 N–H and O–H groups in total. The van der Waals surface area contributed by atoms with Gasteiger partial charge in [-0.25, -0.2) is 0 Å². The number of carbonyl (C=O) groups is 2. The molecular formula is C23H38N2O2. The van der Waals surface area contributed by atoms with Crippen molar-refractivity contribution in [2.24, 2.45) is 0 Å². The van der Waals surface area contributed by atoms with E-state index < -0.39 is 0 Å². The van der Waals surface area contributed by atoms with E-state index in [1.807, 2.05) is 25.1 Å². The fraction of sp³-hybridized carbons (Fsp3) is 0.652. The molecule has 1 aromatic carbocycles. The van der Waals surface area contributed by atoms with Crippen LogP contribution < -0.4 is 10.6 Å². The second-order valence-electron chi connectivity index (χ2n) is 7.47. The van der Waals surface area contributed by atoms with E-state index in [4.69, 9.17) is 0 Å². The molecule has 0 aliphatic heterocycles. The summed E-state index contributed by atoms with van der Waals surface area (Å²) in [7, 11) is 0. The lowest BCUT2D eigenvalue weighted by atomic mass is 10.1. The summed E-state index contributed by atoms with van der Waals surface area (Å²) < 4.78 is 0. The second-order valence-corrected chi connectivity index (χ2v) is 7.47. The van der Waals surface area contributed by atoms with Crippen LogP contribution in [0.5, 0.6) is 0 Å². The Balaban J connectivity index is 2.49. The summed E-state index contributed by atoms with van der Waals surface area (Å²) in [6, 6.07) is 5.75. The maximum Gasteiger partial charge on any atom is 0.224 e. The minimum absolute atomic E-state index is 0.0189. The van der Waals surface area contributed by atoms with Gasteiger partial charge in [0.25, 0.3) is 0 Å². The minimum Gasteiger partial charge on any atom is -0.324 e. The third-order valence-electron chi connectivity index (χ3n) is 4.74. The van der Waals surface area contributed by atoms with Crippen LogP contribution in [0.3, 0.4) is 0 Å². The van der Waals surface area contributed by atoms with Crippen LogP contribution in [0.4, 0.5) is 11.4 Å². The van der Waals surface area contributed by atoms with Crippen molar-refractivity contribution in [2.75, 3.05) is 10.6 Å². The van der Waals surface area contributed by atoms with Gasteiger partial charge in [-0.3, -0.25) is 9.59 Å². The number of hydrogen-bond acceptors (Lipinski definition) is 2. The van der Waals surface area contributed by atoms with E-state index in [-0.39, 0.29) is 11.8 Å². The standard InChI is InChI=1S/C23H38N2O2/c1-4-6-8-10-12-14-22(26)24-20-17-16-19(3)18-21(20)25-23(27)15-13-11-9-7-5-2/h16-18H,4-15H2,1-3H3,(H,24,26)(H,25,27). The van der Waals surface area contributed by atoms with Crippen molar-refractivity contribution in [3.63, 3.8) is 0 Å². The lowest BCUT2D eigenvalue weighted by Gasteiger charge is -2.13. The molecule has 1 aromatic rings. The van der Waals surface area contributed by atoms with E-state index in [0.717, 1.165) is 31.2 Å². The highest BCUT2D eigenvalue weighted by Gasteiger charge is 2.10. The highest BCUT2D eigenvalue weighted by molar-refractivity contribution is 5.99. The first-order chi connectivity index (χ1) is 13.1. The quantitative estimate of drug-likeness (QED) is 0.361. The van der Waals surface area contributed by atoms with Crippen LogP contribution in [0.25, 0.3) is 0 Å². The van der Waals surface area contributed by atoms with Crippen LogP contribution in [0.15, 0.2) is 18.2 Å². The number of benzene rings is 1. The van der Waals surface area contributed by atoms with Crippen molar-refractivity contribution in [3.8, 4) is 0 Å². The van der Waals surface area contributed by atoms with Crippen molar-refractivity contribution in [1.82, 2.24) is 0 Å². The number of hydrogen-bond donors (Lipinski definition) is 2. The normalized spacial score (nSPS) is 10.6. The summed E-state index contributed by atoms with van der Waals surface area (Å²) in [5, 5.41) is 5.94. The van der Waals surface area contributed by atoms with Crippen LogP contribution in [-0.4, -0.2) is 11.8 Å². The summed E-state index contributed by atoms with van der Waals surface area (Å²) in [6.45, 7) is 6.36. The van der Waals surface area contributed by atoms with Crippen LogP contribution in [0.1, 0.15) is 96.5 Å². The Kier molecular flexibility index (Phi) is 12.2. The van der Waals surface area contributed by atoms with Crippen LogP contribution in [-0.2, 0) is 9.59 Å². The summed E-state index contributed by atoms with van der Waals surface area (Å²) in [6.07, 6.45) is 12.3. The number of aryl methyl sites for hydroxylation is 1. The fourth-order valence-corrected chi connectivity index (χ4v) is 3.07. The van der Waals surface area contributed by atoms with Gasteiger partial charge >= 0.3 is 0 Å². The molecule has 0 unspecified atom stereocenters. The molecule has 0 saturated heterocycles. The zero-order valence-electron chi connectivity index (χ0n) is 17.5. The summed E-state index contributed by atoms with van der Waals surface area (Å²) >= 11 is 0. The molecule has 1 rings (SSSR count). The molecular weight excluding hydrogens is 336 g/mol. The molecule has 4 heteroatoms. The average molecular weight is 375 g/mol. The molecule has 0 heterocycles. The molecule has 0 spiro atoms. The third-order valence-corrected chi connectivity index (χ3v) is 4.74. The minimum atomic E-state index is 0.0189. The molecule has 0 saturated carbocycles. The van der Waals surface area contributed by atoms with Crippen LogP contribution >= 0.6 is 0 Å². The summed E-state index contributed by atoms with van der Waals surface area (Å²) in [5.74, 6) is 0.0394. The van der Waals surface area contributed by atoms with Gasteiger partial charge in [-0.15, -0.1) is 0 Å². The Hall–Kier alpha value is -1.84. The lowest BCUT2D eigenvalue weighted by Crippen LogP contribution is -2.16. The first kappa shape index (κ1) is 23.2. The SMILES string of the molecule is CCCCCCCC(=O)Nc1ccc(C)cc1NC(=O)CCCCCCC. The molecule has 0 fully saturated rings. The summed E-state index contributed by atoms with van der Waals surface area (Å²) in [5.41, 5.74) is 2.46. The van der Waals surface area contributed by atoms with E-state index in [9.17, 15) is 9.59 Å². The van der Waals surface area contributed by atoms with Gasteiger partial charge in [0, 0.05) is 12.8 Å². The highest BCUT2D eigenvalue weighted by Crippen LogP contribution is 2.24. The topological polar surface area (TPSA) is 58.2 Å². The van der Waals surface area contributed by atoms with Gasteiger partial charge in [-0.05, 0) is 37.5 Å². The number of carbonyl (C=O) groups excluding carboxylic acids is 2. The molecule has 0 aliphatic rings. The monoisotopic (exact) mass is 374 g/mol. The van der Waals surface area contributed by atoms with Crippen molar-refractivity contribution >= 4 is 23.2 Å². The van der Waals surface area contributed by atoms with E-state index in [1.54, 1.807) is 0 Å². The zero-order valence-corrected chi connectivity index (χ0v) is 17.5. The molecule has 4 nitrogen and oxygen atoms in total.